The molecule has 0 bridgehead atoms. The van der Waals surface area contributed by atoms with Gasteiger partial charge in [0, 0.05) is 6.42 Å². The number of hydrogen-bond acceptors (Lipinski definition) is 3. The summed E-state index contributed by atoms with van der Waals surface area (Å²) >= 11 is 0. The van der Waals surface area contributed by atoms with Crippen molar-refractivity contribution in [1.29, 1.82) is 0 Å². The highest BCUT2D eigenvalue weighted by Gasteiger charge is 2.02. The van der Waals surface area contributed by atoms with E-state index in [0.717, 1.165) is 25.3 Å². The molecule has 0 amide bonds. The number of rotatable bonds is 7. The molecule has 0 heterocycles. The first-order chi connectivity index (χ1) is 5.56. The van der Waals surface area contributed by atoms with E-state index in [1.807, 2.05) is 0 Å². The lowest BCUT2D eigenvalue weighted by Crippen LogP contribution is -1.99. The SMILES string of the molecule is O=CCCCCPCS(=O)(=O)O. The van der Waals surface area contributed by atoms with Crippen LogP contribution in [0.5, 0.6) is 0 Å². The first-order valence-corrected chi connectivity index (χ1v) is 6.68. The van der Waals surface area contributed by atoms with E-state index in [2.05, 4.69) is 0 Å². The summed E-state index contributed by atoms with van der Waals surface area (Å²) in [5.41, 5.74) is -0.145. The van der Waals surface area contributed by atoms with Gasteiger partial charge in [0.05, 0.1) is 5.49 Å². The highest BCUT2D eigenvalue weighted by atomic mass is 32.2. The Hall–Kier alpha value is 0.01000. The zero-order chi connectivity index (χ0) is 9.45. The highest BCUT2D eigenvalue weighted by Crippen LogP contribution is 2.14. The molecule has 6 heteroatoms. The molecule has 0 saturated carbocycles. The Morgan fingerprint density at radius 3 is 2.50 bits per heavy atom. The van der Waals surface area contributed by atoms with E-state index in [9.17, 15) is 13.2 Å². The molecule has 0 aliphatic heterocycles. The molecule has 0 radical (unpaired) electrons. The lowest BCUT2D eigenvalue weighted by molar-refractivity contribution is -0.107. The molecule has 0 aliphatic carbocycles. The summed E-state index contributed by atoms with van der Waals surface area (Å²) in [6.45, 7) is 0. The Kier molecular flexibility index (Phi) is 6.52. The first kappa shape index (κ1) is 12.0. The van der Waals surface area contributed by atoms with E-state index in [1.54, 1.807) is 0 Å². The summed E-state index contributed by atoms with van der Waals surface area (Å²) in [5.74, 6) is 0. The van der Waals surface area contributed by atoms with Crippen molar-refractivity contribution in [2.45, 2.75) is 19.3 Å². The molecule has 1 unspecified atom stereocenters. The number of unbranched alkanes of at least 4 members (excludes halogenated alkanes) is 2. The predicted octanol–water partition coefficient (Wildman–Crippen LogP) is 0.879. The lowest BCUT2D eigenvalue weighted by atomic mass is 10.3. The van der Waals surface area contributed by atoms with Crippen LogP contribution in [0.2, 0.25) is 0 Å². The van der Waals surface area contributed by atoms with Crippen molar-refractivity contribution in [2.75, 3.05) is 11.7 Å². The third-order valence-electron chi connectivity index (χ3n) is 1.21. The van der Waals surface area contributed by atoms with Crippen LogP contribution in [0.25, 0.3) is 0 Å². The summed E-state index contributed by atoms with van der Waals surface area (Å²) < 4.78 is 28.8. The van der Waals surface area contributed by atoms with Crippen LogP contribution in [0.3, 0.4) is 0 Å². The molecule has 72 valence electrons. The van der Waals surface area contributed by atoms with Crippen molar-refractivity contribution in [3.05, 3.63) is 0 Å². The molecule has 0 aromatic heterocycles. The molecule has 0 fully saturated rings. The molecule has 0 aromatic rings. The number of aldehydes is 1. The van der Waals surface area contributed by atoms with Crippen molar-refractivity contribution < 1.29 is 17.8 Å². The van der Waals surface area contributed by atoms with E-state index in [1.165, 1.54) is 0 Å². The van der Waals surface area contributed by atoms with Crippen molar-refractivity contribution in [2.24, 2.45) is 0 Å². The maximum absolute atomic E-state index is 10.2. The fourth-order valence-corrected chi connectivity index (χ4v) is 2.79. The number of carbonyl (C=O) groups excluding carboxylic acids is 1. The van der Waals surface area contributed by atoms with Gasteiger partial charge < -0.3 is 4.79 Å². The van der Waals surface area contributed by atoms with Crippen LogP contribution in [-0.4, -0.2) is 30.9 Å². The third kappa shape index (κ3) is 10.0. The van der Waals surface area contributed by atoms with E-state index in [-0.39, 0.29) is 14.1 Å². The standard InChI is InChI=1S/C6H13O4PS/c7-4-2-1-3-5-11-6-12(8,9)10/h4,11H,1-3,5-6H2,(H,8,9,10). The monoisotopic (exact) mass is 212 g/mol. The Balaban J connectivity index is 3.17. The largest absolute Gasteiger partial charge is 0.303 e. The van der Waals surface area contributed by atoms with Gasteiger partial charge in [-0.25, -0.2) is 0 Å². The second kappa shape index (κ2) is 6.52. The highest BCUT2D eigenvalue weighted by molar-refractivity contribution is 7.91. The van der Waals surface area contributed by atoms with Crippen LogP contribution in [0.4, 0.5) is 0 Å². The third-order valence-corrected chi connectivity index (χ3v) is 4.19. The molecular formula is C6H13O4PS. The van der Waals surface area contributed by atoms with Gasteiger partial charge in [0.25, 0.3) is 10.1 Å². The second-order valence-electron chi connectivity index (χ2n) is 2.39. The molecule has 0 aliphatic rings. The van der Waals surface area contributed by atoms with Crippen LogP contribution >= 0.6 is 8.58 Å². The molecule has 4 nitrogen and oxygen atoms in total. The quantitative estimate of drug-likeness (QED) is 0.294. The van der Waals surface area contributed by atoms with E-state index in [4.69, 9.17) is 4.55 Å². The normalized spacial score (nSPS) is 12.4. The van der Waals surface area contributed by atoms with Crippen molar-refractivity contribution in [1.82, 2.24) is 0 Å². The zero-order valence-corrected chi connectivity index (χ0v) is 8.51. The molecule has 0 rings (SSSR count). The maximum Gasteiger partial charge on any atom is 0.268 e. The van der Waals surface area contributed by atoms with Gasteiger partial charge in [-0.05, 0) is 19.0 Å². The van der Waals surface area contributed by atoms with E-state index >= 15 is 0 Å². The Labute approximate surface area is 74.3 Å². The molecule has 0 spiro atoms. The smallest absolute Gasteiger partial charge is 0.268 e. The van der Waals surface area contributed by atoms with Crippen molar-refractivity contribution in [3.8, 4) is 0 Å². The van der Waals surface area contributed by atoms with Crippen LogP contribution in [0, 0.1) is 0 Å². The molecular weight excluding hydrogens is 199 g/mol. The second-order valence-corrected chi connectivity index (χ2v) is 5.71. The summed E-state index contributed by atoms with van der Waals surface area (Å²) in [6.07, 6.45) is 3.82. The van der Waals surface area contributed by atoms with Crippen LogP contribution < -0.4 is 0 Å². The minimum Gasteiger partial charge on any atom is -0.303 e. The molecule has 1 atom stereocenters. The first-order valence-electron chi connectivity index (χ1n) is 3.66. The van der Waals surface area contributed by atoms with Gasteiger partial charge in [-0.2, -0.15) is 8.42 Å². The van der Waals surface area contributed by atoms with Gasteiger partial charge in [-0.15, -0.1) is 8.58 Å². The average molecular weight is 212 g/mol. The van der Waals surface area contributed by atoms with Gasteiger partial charge in [-0.1, -0.05) is 0 Å². The molecule has 1 N–H and O–H groups in total. The Morgan fingerprint density at radius 2 is 2.00 bits per heavy atom. The Morgan fingerprint density at radius 1 is 1.33 bits per heavy atom. The maximum atomic E-state index is 10.2. The topological polar surface area (TPSA) is 71.4 Å². The predicted molar refractivity (Wildman–Crippen MR) is 49.5 cm³/mol. The number of hydrogen-bond donors (Lipinski definition) is 1. The average Bonchev–Trinajstić information content (AvgIpc) is 1.94. The van der Waals surface area contributed by atoms with Gasteiger partial charge in [0.15, 0.2) is 0 Å². The fourth-order valence-electron chi connectivity index (χ4n) is 0.679. The van der Waals surface area contributed by atoms with E-state index < -0.39 is 10.1 Å². The van der Waals surface area contributed by atoms with Crippen LogP contribution in [-0.2, 0) is 14.9 Å². The van der Waals surface area contributed by atoms with Gasteiger partial charge in [-0.3, -0.25) is 4.55 Å². The fraction of sp³-hybridized carbons (Fsp3) is 0.833. The molecule has 0 saturated heterocycles. The summed E-state index contributed by atoms with van der Waals surface area (Å²) in [4.78, 5) is 9.86. The number of carbonyl (C=O) groups is 1. The lowest BCUT2D eigenvalue weighted by Gasteiger charge is -1.97. The Bertz CT molecular complexity index is 212. The van der Waals surface area contributed by atoms with Crippen LogP contribution in [0.15, 0.2) is 0 Å². The minimum atomic E-state index is -3.77. The zero-order valence-electron chi connectivity index (χ0n) is 6.69. The summed E-state index contributed by atoms with van der Waals surface area (Å²) in [5, 5.41) is 0. The van der Waals surface area contributed by atoms with Crippen LogP contribution in [0.1, 0.15) is 19.3 Å². The van der Waals surface area contributed by atoms with Crippen molar-refractivity contribution >= 4 is 25.0 Å². The summed E-state index contributed by atoms with van der Waals surface area (Å²) in [7, 11) is -3.53. The molecule has 12 heavy (non-hydrogen) atoms. The molecule has 0 aromatic carbocycles. The van der Waals surface area contributed by atoms with E-state index in [0.29, 0.717) is 6.42 Å². The van der Waals surface area contributed by atoms with Crippen molar-refractivity contribution in [3.63, 3.8) is 0 Å². The minimum absolute atomic E-state index is 0.145. The van der Waals surface area contributed by atoms with Gasteiger partial charge in [0.2, 0.25) is 0 Å². The van der Waals surface area contributed by atoms with Gasteiger partial charge >= 0.3 is 0 Å². The summed E-state index contributed by atoms with van der Waals surface area (Å²) in [6, 6.07) is 0. The van der Waals surface area contributed by atoms with Gasteiger partial charge in [0.1, 0.15) is 6.29 Å².